The van der Waals surface area contributed by atoms with Crippen molar-refractivity contribution in [1.29, 1.82) is 0 Å². The molecule has 3 aromatic rings. The highest BCUT2D eigenvalue weighted by atomic mass is 32.1. The van der Waals surface area contributed by atoms with Gasteiger partial charge >= 0.3 is 0 Å². The van der Waals surface area contributed by atoms with Crippen molar-refractivity contribution in [1.82, 2.24) is 25.0 Å². The Bertz CT molecular complexity index is 939. The molecule has 0 bridgehead atoms. The average molecular weight is 385 g/mol. The molecule has 1 amide bonds. The topological polar surface area (TPSA) is 63.1 Å². The third kappa shape index (κ3) is 3.63. The molecule has 1 fully saturated rings. The summed E-state index contributed by atoms with van der Waals surface area (Å²) in [6.07, 6.45) is 0.967. The van der Waals surface area contributed by atoms with Crippen LogP contribution in [0.5, 0.6) is 0 Å². The van der Waals surface area contributed by atoms with E-state index in [1.54, 1.807) is 21.7 Å². The minimum Gasteiger partial charge on any atom is -0.336 e. The molecule has 4 rings (SSSR count). The summed E-state index contributed by atoms with van der Waals surface area (Å²) < 4.78 is 15.3. The van der Waals surface area contributed by atoms with E-state index in [9.17, 15) is 9.18 Å². The predicted octanol–water partition coefficient (Wildman–Crippen LogP) is 2.82. The Hall–Kier alpha value is -2.58. The number of nitrogens with one attached hydrogen (secondary N) is 1. The van der Waals surface area contributed by atoms with Gasteiger partial charge in [-0.1, -0.05) is 12.1 Å². The molecule has 1 unspecified atom stereocenters. The lowest BCUT2D eigenvalue weighted by molar-refractivity contribution is 0.0775. The summed E-state index contributed by atoms with van der Waals surface area (Å²) in [5, 5.41) is 9.53. The van der Waals surface area contributed by atoms with Gasteiger partial charge in [-0.3, -0.25) is 4.79 Å². The van der Waals surface area contributed by atoms with Crippen LogP contribution in [0.1, 0.15) is 17.0 Å². The lowest BCUT2D eigenvalue weighted by Crippen LogP contribution is -2.31. The minimum absolute atomic E-state index is 0.146. The van der Waals surface area contributed by atoms with Gasteiger partial charge in [-0.15, -0.1) is 16.4 Å². The second-order valence-corrected chi connectivity index (χ2v) is 7.54. The molecular formula is C19H20FN5OS. The van der Waals surface area contributed by atoms with E-state index in [-0.39, 0.29) is 17.5 Å². The Morgan fingerprint density at radius 1 is 1.37 bits per heavy atom. The summed E-state index contributed by atoms with van der Waals surface area (Å²) in [4.78, 5) is 20.1. The number of hydrogen-bond acceptors (Lipinski definition) is 5. The summed E-state index contributed by atoms with van der Waals surface area (Å²) in [5.41, 5.74) is 0.541. The Kier molecular flexibility index (Phi) is 5.00. The largest absolute Gasteiger partial charge is 0.336 e. The summed E-state index contributed by atoms with van der Waals surface area (Å²) in [5.74, 6) is 0.600. The first-order valence-corrected chi connectivity index (χ1v) is 9.74. The number of aromatic nitrogens is 3. The molecule has 0 saturated carbocycles. The van der Waals surface area contributed by atoms with Crippen LogP contribution in [-0.4, -0.2) is 52.3 Å². The van der Waals surface area contributed by atoms with Gasteiger partial charge < -0.3 is 10.2 Å². The molecular weight excluding hydrogens is 365 g/mol. The standard InChI is InChI=1S/C19H20FN5OS/c1-21-11-13-7-8-24(12-13)19(26)17-22-18(16-6-3-9-27-16)25(23-17)15-5-2-4-14(20)10-15/h2-6,9-10,13,21H,7-8,11-12H2,1H3. The zero-order chi connectivity index (χ0) is 18.8. The number of benzene rings is 1. The molecule has 1 saturated heterocycles. The lowest BCUT2D eigenvalue weighted by atomic mass is 10.1. The Balaban J connectivity index is 1.68. The second kappa shape index (κ2) is 7.58. The number of rotatable bonds is 5. The van der Waals surface area contributed by atoms with Crippen molar-refractivity contribution in [3.05, 3.63) is 53.4 Å². The van der Waals surface area contributed by atoms with E-state index >= 15 is 0 Å². The van der Waals surface area contributed by atoms with Crippen molar-refractivity contribution in [2.45, 2.75) is 6.42 Å². The van der Waals surface area contributed by atoms with Crippen molar-refractivity contribution in [3.63, 3.8) is 0 Å². The maximum absolute atomic E-state index is 13.7. The zero-order valence-corrected chi connectivity index (χ0v) is 15.7. The maximum Gasteiger partial charge on any atom is 0.293 e. The van der Waals surface area contributed by atoms with Crippen molar-refractivity contribution in [2.24, 2.45) is 5.92 Å². The van der Waals surface area contributed by atoms with E-state index < -0.39 is 0 Å². The van der Waals surface area contributed by atoms with Gasteiger partial charge in [0.25, 0.3) is 5.91 Å². The first kappa shape index (κ1) is 17.8. The number of carbonyl (C=O) groups excluding carboxylic acids is 1. The number of amides is 1. The van der Waals surface area contributed by atoms with Gasteiger partial charge in [-0.25, -0.2) is 14.1 Å². The van der Waals surface area contributed by atoms with Crippen molar-refractivity contribution in [3.8, 4) is 16.4 Å². The third-order valence-electron chi connectivity index (χ3n) is 4.66. The van der Waals surface area contributed by atoms with Crippen LogP contribution in [0.4, 0.5) is 4.39 Å². The van der Waals surface area contributed by atoms with Gasteiger partial charge in [0.15, 0.2) is 5.82 Å². The molecule has 0 radical (unpaired) electrons. The van der Waals surface area contributed by atoms with Crippen molar-refractivity contribution < 1.29 is 9.18 Å². The molecule has 27 heavy (non-hydrogen) atoms. The summed E-state index contributed by atoms with van der Waals surface area (Å²) in [7, 11) is 1.92. The molecule has 2 aromatic heterocycles. The maximum atomic E-state index is 13.7. The van der Waals surface area contributed by atoms with Crippen LogP contribution >= 0.6 is 11.3 Å². The summed E-state index contributed by atoms with van der Waals surface area (Å²) in [6, 6.07) is 9.96. The van der Waals surface area contributed by atoms with Crippen LogP contribution < -0.4 is 5.32 Å². The molecule has 0 aliphatic carbocycles. The second-order valence-electron chi connectivity index (χ2n) is 6.59. The average Bonchev–Trinajstić information content (AvgIpc) is 3.41. The van der Waals surface area contributed by atoms with E-state index in [0.29, 0.717) is 30.5 Å². The van der Waals surface area contributed by atoms with E-state index in [0.717, 1.165) is 17.8 Å². The fourth-order valence-corrected chi connectivity index (χ4v) is 4.07. The van der Waals surface area contributed by atoms with Crippen LogP contribution in [0.15, 0.2) is 41.8 Å². The van der Waals surface area contributed by atoms with Gasteiger partial charge in [0, 0.05) is 13.1 Å². The molecule has 6 nitrogen and oxygen atoms in total. The fourth-order valence-electron chi connectivity index (χ4n) is 3.37. The fraction of sp³-hybridized carbons (Fsp3) is 0.316. The van der Waals surface area contributed by atoms with E-state index in [2.05, 4.69) is 15.4 Å². The smallest absolute Gasteiger partial charge is 0.293 e. The zero-order valence-electron chi connectivity index (χ0n) is 14.9. The van der Waals surface area contributed by atoms with Gasteiger partial charge in [0.05, 0.1) is 10.6 Å². The Morgan fingerprint density at radius 2 is 2.26 bits per heavy atom. The number of halogens is 1. The Labute approximate surface area is 160 Å². The molecule has 3 heterocycles. The molecule has 1 N–H and O–H groups in total. The highest BCUT2D eigenvalue weighted by Crippen LogP contribution is 2.26. The first-order valence-electron chi connectivity index (χ1n) is 8.86. The number of thiophene rings is 1. The molecule has 8 heteroatoms. The molecule has 140 valence electrons. The summed E-state index contributed by atoms with van der Waals surface area (Å²) in [6.45, 7) is 2.28. The molecule has 1 aromatic carbocycles. The van der Waals surface area contributed by atoms with Gasteiger partial charge in [0.2, 0.25) is 5.82 Å². The van der Waals surface area contributed by atoms with Crippen molar-refractivity contribution in [2.75, 3.05) is 26.7 Å². The van der Waals surface area contributed by atoms with Gasteiger partial charge in [-0.2, -0.15) is 0 Å². The minimum atomic E-state index is -0.359. The van der Waals surface area contributed by atoms with Crippen LogP contribution in [-0.2, 0) is 0 Å². The number of hydrogen-bond donors (Lipinski definition) is 1. The number of carbonyl (C=O) groups is 1. The lowest BCUT2D eigenvalue weighted by Gasteiger charge is -2.14. The normalized spacial score (nSPS) is 16.8. The number of nitrogens with zero attached hydrogens (tertiary/aromatic N) is 4. The first-order chi connectivity index (χ1) is 13.2. The van der Waals surface area contributed by atoms with Crippen LogP contribution in [0.25, 0.3) is 16.4 Å². The van der Waals surface area contributed by atoms with E-state index in [1.165, 1.54) is 23.5 Å². The molecule has 1 atom stereocenters. The van der Waals surface area contributed by atoms with Gasteiger partial charge in [-0.05, 0) is 55.6 Å². The van der Waals surface area contributed by atoms with E-state index in [1.807, 2.05) is 24.6 Å². The molecule has 1 aliphatic rings. The van der Waals surface area contributed by atoms with Crippen LogP contribution in [0.2, 0.25) is 0 Å². The number of likely N-dealkylation sites (tertiary alicyclic amines) is 1. The molecule has 1 aliphatic heterocycles. The summed E-state index contributed by atoms with van der Waals surface area (Å²) >= 11 is 1.50. The van der Waals surface area contributed by atoms with Crippen LogP contribution in [0, 0.1) is 11.7 Å². The molecule has 0 spiro atoms. The van der Waals surface area contributed by atoms with E-state index in [4.69, 9.17) is 0 Å². The van der Waals surface area contributed by atoms with Crippen LogP contribution in [0.3, 0.4) is 0 Å². The predicted molar refractivity (Wildman–Crippen MR) is 103 cm³/mol. The monoisotopic (exact) mass is 385 g/mol. The Morgan fingerprint density at radius 3 is 3.00 bits per heavy atom. The van der Waals surface area contributed by atoms with Gasteiger partial charge in [0.1, 0.15) is 5.82 Å². The van der Waals surface area contributed by atoms with Crippen molar-refractivity contribution >= 4 is 17.2 Å². The quantitative estimate of drug-likeness (QED) is 0.734. The SMILES string of the molecule is CNCC1CCN(C(=O)c2nc(-c3cccs3)n(-c3cccc(F)c3)n2)C1. The highest BCUT2D eigenvalue weighted by Gasteiger charge is 2.30. The highest BCUT2D eigenvalue weighted by molar-refractivity contribution is 7.13. The third-order valence-corrected chi connectivity index (χ3v) is 5.52.